The molecule has 1 aromatic heterocycles. The Hall–Kier alpha value is -2.34. The van der Waals surface area contributed by atoms with Gasteiger partial charge in [0.25, 0.3) is 0 Å². The van der Waals surface area contributed by atoms with Gasteiger partial charge in [0, 0.05) is 30.0 Å². The number of anilines is 1. The van der Waals surface area contributed by atoms with Gasteiger partial charge in [0.05, 0.1) is 17.9 Å². The van der Waals surface area contributed by atoms with Crippen molar-refractivity contribution in [1.82, 2.24) is 14.7 Å². The lowest BCUT2D eigenvalue weighted by Gasteiger charge is -2.22. The Kier molecular flexibility index (Phi) is 6.88. The van der Waals surface area contributed by atoms with Crippen molar-refractivity contribution < 1.29 is 9.59 Å². The first-order valence-corrected chi connectivity index (χ1v) is 9.77. The second kappa shape index (κ2) is 8.78. The molecule has 0 fully saturated rings. The molecule has 0 atom stereocenters. The van der Waals surface area contributed by atoms with E-state index in [4.69, 9.17) is 11.6 Å². The number of aromatic nitrogens is 2. The van der Waals surface area contributed by atoms with Crippen molar-refractivity contribution in [3.05, 3.63) is 41.0 Å². The molecule has 1 N–H and O–H groups in total. The molecule has 7 heteroatoms. The van der Waals surface area contributed by atoms with Gasteiger partial charge in [0.15, 0.2) is 0 Å². The van der Waals surface area contributed by atoms with Crippen LogP contribution in [-0.4, -0.2) is 39.6 Å². The topological polar surface area (TPSA) is 67.2 Å². The molecule has 0 radical (unpaired) electrons. The van der Waals surface area contributed by atoms with Gasteiger partial charge in [-0.2, -0.15) is 5.10 Å². The van der Waals surface area contributed by atoms with E-state index < -0.39 is 0 Å². The number of amides is 2. The number of carbonyl (C=O) groups excluding carboxylic acids is 2. The molecule has 2 amide bonds. The van der Waals surface area contributed by atoms with Crippen molar-refractivity contribution in [1.29, 1.82) is 0 Å². The molecular weight excluding hydrogens is 376 g/mol. The molecule has 6 nitrogen and oxygen atoms in total. The molecule has 1 heterocycles. The molecule has 0 bridgehead atoms. The monoisotopic (exact) mass is 404 g/mol. The molecule has 152 valence electrons. The van der Waals surface area contributed by atoms with Crippen LogP contribution in [-0.2, 0) is 15.0 Å². The third kappa shape index (κ3) is 5.83. The second-order valence-corrected chi connectivity index (χ2v) is 8.83. The van der Waals surface area contributed by atoms with E-state index in [2.05, 4.69) is 31.2 Å². The first kappa shape index (κ1) is 22.0. The number of hydrogen-bond acceptors (Lipinski definition) is 3. The minimum Gasteiger partial charge on any atom is -0.333 e. The number of nitrogens with zero attached hydrogens (tertiary/aromatic N) is 3. The van der Waals surface area contributed by atoms with E-state index in [9.17, 15) is 9.59 Å². The fourth-order valence-electron chi connectivity index (χ4n) is 2.72. The van der Waals surface area contributed by atoms with Crippen LogP contribution in [0.2, 0.25) is 5.02 Å². The largest absolute Gasteiger partial charge is 0.333 e. The molecular formula is C21H29ClN4O2. The van der Waals surface area contributed by atoms with Crippen molar-refractivity contribution in [2.45, 2.75) is 47.0 Å². The molecule has 0 aliphatic heterocycles. The highest BCUT2D eigenvalue weighted by atomic mass is 35.5. The van der Waals surface area contributed by atoms with Crippen LogP contribution in [0, 0.1) is 5.92 Å². The van der Waals surface area contributed by atoms with Gasteiger partial charge in [-0.3, -0.25) is 9.59 Å². The van der Waals surface area contributed by atoms with E-state index in [0.29, 0.717) is 17.4 Å². The summed E-state index contributed by atoms with van der Waals surface area (Å²) >= 11 is 5.99. The Balaban J connectivity index is 2.30. The van der Waals surface area contributed by atoms with Crippen LogP contribution in [0.1, 0.15) is 47.2 Å². The quantitative estimate of drug-likeness (QED) is 0.781. The van der Waals surface area contributed by atoms with Crippen LogP contribution in [0.5, 0.6) is 0 Å². The summed E-state index contributed by atoms with van der Waals surface area (Å²) < 4.78 is 1.69. The van der Waals surface area contributed by atoms with Gasteiger partial charge in [-0.15, -0.1) is 0 Å². The fourth-order valence-corrected chi connectivity index (χ4v) is 2.84. The molecule has 0 saturated carbocycles. The number of halogens is 1. The Labute approximate surface area is 171 Å². The van der Waals surface area contributed by atoms with E-state index in [1.165, 1.54) is 6.92 Å². The standard InChI is InChI=1S/C21H29ClN4O2/c1-14(2)12-25(15(3)27)13-20(28)23-19-11-18(21(4,5)6)24-26(19)17-9-7-16(22)8-10-17/h7-11,14H,12-13H2,1-6H3,(H,23,28). The lowest BCUT2D eigenvalue weighted by molar-refractivity contribution is -0.133. The highest BCUT2D eigenvalue weighted by Crippen LogP contribution is 2.26. The molecule has 0 saturated heterocycles. The van der Waals surface area contributed by atoms with Crippen molar-refractivity contribution in [2.75, 3.05) is 18.4 Å². The fraction of sp³-hybridized carbons (Fsp3) is 0.476. The first-order chi connectivity index (χ1) is 13.0. The van der Waals surface area contributed by atoms with Gasteiger partial charge in [-0.05, 0) is 30.2 Å². The summed E-state index contributed by atoms with van der Waals surface area (Å²) in [7, 11) is 0. The Morgan fingerprint density at radius 3 is 2.32 bits per heavy atom. The van der Waals surface area contributed by atoms with Gasteiger partial charge in [-0.25, -0.2) is 4.68 Å². The summed E-state index contributed by atoms with van der Waals surface area (Å²) in [5.41, 5.74) is 1.46. The van der Waals surface area contributed by atoms with Crippen LogP contribution in [0.4, 0.5) is 5.82 Å². The zero-order chi connectivity index (χ0) is 21.1. The van der Waals surface area contributed by atoms with Crippen LogP contribution in [0.15, 0.2) is 30.3 Å². The summed E-state index contributed by atoms with van der Waals surface area (Å²) in [6, 6.07) is 9.12. The molecule has 0 spiro atoms. The van der Waals surface area contributed by atoms with Gasteiger partial charge >= 0.3 is 0 Å². The Morgan fingerprint density at radius 2 is 1.82 bits per heavy atom. The van der Waals surface area contributed by atoms with E-state index in [-0.39, 0.29) is 29.7 Å². The summed E-state index contributed by atoms with van der Waals surface area (Å²) in [6.45, 7) is 12.2. The highest BCUT2D eigenvalue weighted by molar-refractivity contribution is 6.30. The Morgan fingerprint density at radius 1 is 1.21 bits per heavy atom. The molecule has 1 aromatic carbocycles. The minimum absolute atomic E-state index is 0.00413. The van der Waals surface area contributed by atoms with E-state index in [1.54, 1.807) is 21.7 Å². The van der Waals surface area contributed by atoms with Gasteiger partial charge in [0.1, 0.15) is 5.82 Å². The molecule has 0 aliphatic rings. The molecule has 28 heavy (non-hydrogen) atoms. The third-order valence-corrected chi connectivity index (χ3v) is 4.43. The van der Waals surface area contributed by atoms with Crippen molar-refractivity contribution in [3.8, 4) is 5.69 Å². The minimum atomic E-state index is -0.258. The van der Waals surface area contributed by atoms with E-state index >= 15 is 0 Å². The van der Waals surface area contributed by atoms with Crippen molar-refractivity contribution in [3.63, 3.8) is 0 Å². The predicted molar refractivity (Wildman–Crippen MR) is 113 cm³/mol. The maximum absolute atomic E-state index is 12.6. The third-order valence-electron chi connectivity index (χ3n) is 4.18. The number of carbonyl (C=O) groups is 2. The van der Waals surface area contributed by atoms with Crippen LogP contribution in [0.3, 0.4) is 0 Å². The Bertz CT molecular complexity index is 835. The molecule has 2 rings (SSSR count). The maximum Gasteiger partial charge on any atom is 0.245 e. The van der Waals surface area contributed by atoms with Crippen molar-refractivity contribution in [2.24, 2.45) is 5.92 Å². The lowest BCUT2D eigenvalue weighted by atomic mass is 9.92. The van der Waals surface area contributed by atoms with E-state index in [1.807, 2.05) is 32.0 Å². The highest BCUT2D eigenvalue weighted by Gasteiger charge is 2.22. The average molecular weight is 405 g/mol. The van der Waals surface area contributed by atoms with Gasteiger partial charge in [0.2, 0.25) is 11.8 Å². The predicted octanol–water partition coefficient (Wildman–Crippen LogP) is 4.27. The second-order valence-electron chi connectivity index (χ2n) is 8.39. The molecule has 2 aromatic rings. The number of rotatable bonds is 6. The summed E-state index contributed by atoms with van der Waals surface area (Å²) in [5.74, 6) is 0.464. The SMILES string of the molecule is CC(=O)N(CC(=O)Nc1cc(C(C)(C)C)nn1-c1ccc(Cl)cc1)CC(C)C. The number of nitrogens with one attached hydrogen (secondary N) is 1. The zero-order valence-electron chi connectivity index (χ0n) is 17.4. The summed E-state index contributed by atoms with van der Waals surface area (Å²) in [6.07, 6.45) is 0. The number of benzene rings is 1. The zero-order valence-corrected chi connectivity index (χ0v) is 18.2. The van der Waals surface area contributed by atoms with Gasteiger partial charge < -0.3 is 10.2 Å². The normalized spacial score (nSPS) is 11.6. The summed E-state index contributed by atoms with van der Waals surface area (Å²) in [4.78, 5) is 26.0. The van der Waals surface area contributed by atoms with Gasteiger partial charge in [-0.1, -0.05) is 46.2 Å². The number of hydrogen-bond donors (Lipinski definition) is 1. The molecule has 0 unspecified atom stereocenters. The van der Waals surface area contributed by atoms with Crippen LogP contribution >= 0.6 is 11.6 Å². The summed E-state index contributed by atoms with van der Waals surface area (Å²) in [5, 5.41) is 8.21. The molecule has 0 aliphatic carbocycles. The smallest absolute Gasteiger partial charge is 0.245 e. The van der Waals surface area contributed by atoms with E-state index in [0.717, 1.165) is 11.4 Å². The van der Waals surface area contributed by atoms with Crippen LogP contribution < -0.4 is 5.32 Å². The first-order valence-electron chi connectivity index (χ1n) is 9.39. The average Bonchev–Trinajstić information content (AvgIpc) is 2.98. The van der Waals surface area contributed by atoms with Crippen molar-refractivity contribution >= 4 is 29.2 Å². The lowest BCUT2D eigenvalue weighted by Crippen LogP contribution is -2.39. The maximum atomic E-state index is 12.6. The van der Waals surface area contributed by atoms with Crippen LogP contribution in [0.25, 0.3) is 5.69 Å².